The number of benzene rings is 2. The van der Waals surface area contributed by atoms with Gasteiger partial charge in [-0.15, -0.1) is 23.1 Å². The molecule has 5 N–H and O–H groups in total. The molecule has 9 nitrogen and oxygen atoms in total. The van der Waals surface area contributed by atoms with E-state index in [0.717, 1.165) is 35.9 Å². The number of thiazole rings is 1. The van der Waals surface area contributed by atoms with Crippen molar-refractivity contribution in [3.63, 3.8) is 0 Å². The summed E-state index contributed by atoms with van der Waals surface area (Å²) in [5.41, 5.74) is 12.9. The number of para-hydroxylation sites is 1. The van der Waals surface area contributed by atoms with Gasteiger partial charge in [0.2, 0.25) is 17.6 Å². The summed E-state index contributed by atoms with van der Waals surface area (Å²) in [7, 11) is 0. The summed E-state index contributed by atoms with van der Waals surface area (Å²) in [4.78, 5) is 51.1. The number of nitrogens with zero attached hydrogens (tertiary/aromatic N) is 3. The Hall–Kier alpha value is -3.44. The lowest BCUT2D eigenvalue weighted by Crippen LogP contribution is -2.59. The molecule has 1 aromatic heterocycles. The molecule has 5 rings (SSSR count). The number of guanidine groups is 1. The Bertz CT molecular complexity index is 1410. The van der Waals surface area contributed by atoms with E-state index in [1.165, 1.54) is 16.9 Å². The number of ketones is 1. The number of carbonyl (C=O) groups is 3. The monoisotopic (exact) mass is 592 g/mol. The molecule has 2 aliphatic heterocycles. The average Bonchev–Trinajstić information content (AvgIpc) is 3.56. The molecule has 2 saturated heterocycles. The molecule has 0 spiro atoms. The third-order valence-electron chi connectivity index (χ3n) is 7.93. The molecule has 0 radical (unpaired) electrons. The molecule has 2 aliphatic rings. The van der Waals surface area contributed by atoms with Crippen molar-refractivity contribution in [2.45, 2.75) is 62.4 Å². The zero-order valence-corrected chi connectivity index (χ0v) is 24.8. The Morgan fingerprint density at radius 2 is 1.93 bits per heavy atom. The molecule has 2 aromatic carbocycles. The Kier molecular flexibility index (Phi) is 8.94. The molecule has 2 fully saturated rings. The Labute approximate surface area is 248 Å². The van der Waals surface area contributed by atoms with Crippen molar-refractivity contribution in [3.8, 4) is 0 Å². The average molecular weight is 593 g/mol. The highest BCUT2D eigenvalue weighted by atomic mass is 32.2. The van der Waals surface area contributed by atoms with Crippen molar-refractivity contribution < 1.29 is 14.4 Å². The van der Waals surface area contributed by atoms with Crippen LogP contribution in [0.1, 0.15) is 54.4 Å². The number of aromatic nitrogens is 1. The minimum Gasteiger partial charge on any atom is -0.370 e. The van der Waals surface area contributed by atoms with Crippen LogP contribution in [0.25, 0.3) is 10.2 Å². The van der Waals surface area contributed by atoms with E-state index in [2.05, 4.69) is 34.3 Å². The Morgan fingerprint density at radius 3 is 2.68 bits per heavy atom. The van der Waals surface area contributed by atoms with Crippen LogP contribution in [0.3, 0.4) is 0 Å². The van der Waals surface area contributed by atoms with Gasteiger partial charge in [0.25, 0.3) is 0 Å². The van der Waals surface area contributed by atoms with E-state index < -0.39 is 17.0 Å². The summed E-state index contributed by atoms with van der Waals surface area (Å²) in [6.45, 7) is 2.39. The summed E-state index contributed by atoms with van der Waals surface area (Å²) in [6.07, 6.45) is 4.06. The molecule has 1 unspecified atom stereocenters. The smallest absolute Gasteiger partial charge is 0.244 e. The van der Waals surface area contributed by atoms with E-state index in [9.17, 15) is 14.4 Å². The molecule has 0 saturated carbocycles. The number of piperidine rings is 1. The zero-order valence-electron chi connectivity index (χ0n) is 23.1. The zero-order chi connectivity index (χ0) is 29.0. The van der Waals surface area contributed by atoms with Crippen LogP contribution in [0.15, 0.2) is 59.6 Å². The van der Waals surface area contributed by atoms with Gasteiger partial charge in [-0.2, -0.15) is 0 Å². The number of nitrogens with one attached hydrogen (secondary N) is 1. The second-order valence-electron chi connectivity index (χ2n) is 10.8. The molecular weight excluding hydrogens is 557 g/mol. The molecule has 11 heteroatoms. The topological polar surface area (TPSA) is 144 Å². The van der Waals surface area contributed by atoms with Gasteiger partial charge in [0, 0.05) is 18.2 Å². The maximum Gasteiger partial charge on any atom is 0.244 e. The van der Waals surface area contributed by atoms with E-state index in [-0.39, 0.29) is 29.5 Å². The highest BCUT2D eigenvalue weighted by molar-refractivity contribution is 8.00. The maximum atomic E-state index is 13.8. The lowest BCUT2D eigenvalue weighted by atomic mass is 9.86. The summed E-state index contributed by atoms with van der Waals surface area (Å²) in [6, 6.07) is 16.3. The third kappa shape index (κ3) is 6.56. The molecule has 3 aromatic rings. The second-order valence-corrected chi connectivity index (χ2v) is 13.4. The highest BCUT2D eigenvalue weighted by Gasteiger charge is 2.53. The minimum absolute atomic E-state index is 0.0178. The first-order valence-electron chi connectivity index (χ1n) is 14.0. The number of hydrogen-bond acceptors (Lipinski definition) is 7. The van der Waals surface area contributed by atoms with Crippen LogP contribution >= 0.6 is 23.1 Å². The number of amides is 2. The number of aryl methyl sites for hydroxylation is 1. The maximum absolute atomic E-state index is 13.8. The van der Waals surface area contributed by atoms with Gasteiger partial charge in [0.1, 0.15) is 6.04 Å². The lowest BCUT2D eigenvalue weighted by molar-refractivity contribution is -0.149. The third-order valence-corrected chi connectivity index (χ3v) is 10.5. The van der Waals surface area contributed by atoms with Gasteiger partial charge in [0.05, 0.1) is 21.1 Å². The molecule has 0 bridgehead atoms. The number of Topliss-reactive ketones (excluding diaryl/α,β-unsaturated/α-hetero) is 1. The normalized spacial score (nSPS) is 22.8. The van der Waals surface area contributed by atoms with Crippen LogP contribution in [0, 0.1) is 5.92 Å². The Balaban J connectivity index is 1.31. The summed E-state index contributed by atoms with van der Waals surface area (Å²) in [5, 5.41) is 3.34. The quantitative estimate of drug-likeness (QED) is 0.133. The SMILES string of the molecule is C[C@]12CC[C@H](CCc3ccccc3)C(=O)N1[C@H](C(=O)NC(CCCN=C(N)N)C(=O)c1nc3ccccc3s1)CS2. The fourth-order valence-corrected chi connectivity index (χ4v) is 8.08. The standard InChI is InChI=1S/C30H36N6O3S2/c1-30-16-15-20(14-13-19-8-3-2-4-9-19)28(39)36(30)23(18-40-30)26(38)34-22(11-7-17-33-29(31)32)25(37)27-35-21-10-5-6-12-24(21)41-27/h2-6,8-10,12,20,22-23H,7,11,13-18H2,1H3,(H,34,38)(H4,31,32,33)/t20-,22?,23-,30-/m0/s1. The van der Waals surface area contributed by atoms with Gasteiger partial charge in [-0.05, 0) is 63.1 Å². The van der Waals surface area contributed by atoms with E-state index >= 15 is 0 Å². The van der Waals surface area contributed by atoms with E-state index in [4.69, 9.17) is 11.5 Å². The number of aliphatic imine (C=N–C) groups is 1. The van der Waals surface area contributed by atoms with Gasteiger partial charge < -0.3 is 21.7 Å². The van der Waals surface area contributed by atoms with Crippen molar-refractivity contribution in [1.82, 2.24) is 15.2 Å². The first-order chi connectivity index (χ1) is 19.7. The predicted octanol–water partition coefficient (Wildman–Crippen LogP) is 3.72. The molecule has 4 atom stereocenters. The van der Waals surface area contributed by atoms with Gasteiger partial charge in [-0.1, -0.05) is 42.5 Å². The number of nitrogens with two attached hydrogens (primary N) is 2. The predicted molar refractivity (Wildman–Crippen MR) is 165 cm³/mol. The van der Waals surface area contributed by atoms with Crippen LogP contribution in [-0.2, 0) is 16.0 Å². The second kappa shape index (κ2) is 12.6. The molecule has 3 heterocycles. The van der Waals surface area contributed by atoms with Crippen LogP contribution in [0.5, 0.6) is 0 Å². The number of rotatable bonds is 11. The minimum atomic E-state index is -0.803. The first-order valence-corrected chi connectivity index (χ1v) is 15.8. The molecule has 0 aliphatic carbocycles. The van der Waals surface area contributed by atoms with Crippen molar-refractivity contribution in [3.05, 3.63) is 65.2 Å². The van der Waals surface area contributed by atoms with E-state index in [0.29, 0.717) is 30.1 Å². The summed E-state index contributed by atoms with van der Waals surface area (Å²) >= 11 is 2.96. The van der Waals surface area contributed by atoms with Crippen LogP contribution in [0.2, 0.25) is 0 Å². The van der Waals surface area contributed by atoms with Crippen LogP contribution in [0.4, 0.5) is 0 Å². The Morgan fingerprint density at radius 1 is 1.17 bits per heavy atom. The summed E-state index contributed by atoms with van der Waals surface area (Å²) in [5.74, 6) is -0.173. The van der Waals surface area contributed by atoms with Crippen molar-refractivity contribution >= 4 is 56.9 Å². The highest BCUT2D eigenvalue weighted by Crippen LogP contribution is 2.48. The molecule has 41 heavy (non-hydrogen) atoms. The van der Waals surface area contributed by atoms with E-state index in [1.54, 1.807) is 16.7 Å². The largest absolute Gasteiger partial charge is 0.370 e. The fraction of sp³-hybridized carbons (Fsp3) is 0.433. The fourth-order valence-electron chi connectivity index (χ4n) is 5.69. The van der Waals surface area contributed by atoms with Gasteiger partial charge in [-0.25, -0.2) is 4.98 Å². The lowest BCUT2D eigenvalue weighted by Gasteiger charge is -2.44. The molecule has 2 amide bonds. The van der Waals surface area contributed by atoms with Crippen LogP contribution < -0.4 is 16.8 Å². The number of fused-ring (bicyclic) bond motifs is 2. The number of thioether (sulfide) groups is 1. The summed E-state index contributed by atoms with van der Waals surface area (Å²) < 4.78 is 0.907. The van der Waals surface area contributed by atoms with Gasteiger partial charge in [-0.3, -0.25) is 19.4 Å². The van der Waals surface area contributed by atoms with Crippen molar-refractivity contribution in [2.24, 2.45) is 22.4 Å². The first kappa shape index (κ1) is 29.1. The molecular formula is C30H36N6O3S2. The number of carbonyl (C=O) groups excluding carboxylic acids is 3. The van der Waals surface area contributed by atoms with Crippen LogP contribution in [-0.4, -0.2) is 62.7 Å². The van der Waals surface area contributed by atoms with E-state index in [1.807, 2.05) is 42.5 Å². The van der Waals surface area contributed by atoms with Gasteiger partial charge >= 0.3 is 0 Å². The number of hydrogen-bond donors (Lipinski definition) is 3. The molecule has 216 valence electrons. The van der Waals surface area contributed by atoms with Crippen molar-refractivity contribution in [1.29, 1.82) is 0 Å². The van der Waals surface area contributed by atoms with Crippen molar-refractivity contribution in [2.75, 3.05) is 12.3 Å². The van der Waals surface area contributed by atoms with Gasteiger partial charge in [0.15, 0.2) is 11.0 Å².